The molecule has 0 saturated heterocycles. The lowest BCUT2D eigenvalue weighted by Gasteiger charge is -2.14. The molecule has 3 aromatic rings. The lowest BCUT2D eigenvalue weighted by Crippen LogP contribution is -2.23. The fourth-order valence-electron chi connectivity index (χ4n) is 2.34. The summed E-state index contributed by atoms with van der Waals surface area (Å²) in [7, 11) is -0.711. The van der Waals surface area contributed by atoms with Gasteiger partial charge in [0.2, 0.25) is 15.8 Å². The van der Waals surface area contributed by atoms with Gasteiger partial charge in [0, 0.05) is 31.7 Å². The van der Waals surface area contributed by atoms with E-state index in [0.717, 1.165) is 10.00 Å². The molecule has 0 fully saturated rings. The van der Waals surface area contributed by atoms with Gasteiger partial charge in [0.25, 0.3) is 11.7 Å². The van der Waals surface area contributed by atoms with Gasteiger partial charge in [-0.25, -0.2) is 22.2 Å². The third-order valence-corrected chi connectivity index (χ3v) is 5.79. The van der Waals surface area contributed by atoms with Gasteiger partial charge in [0.15, 0.2) is 0 Å². The van der Waals surface area contributed by atoms with Gasteiger partial charge in [0.1, 0.15) is 0 Å². The van der Waals surface area contributed by atoms with Gasteiger partial charge < -0.3 is 5.32 Å². The average molecular weight is 374 g/mol. The van der Waals surface area contributed by atoms with Crippen LogP contribution in [0.25, 0.3) is 5.78 Å². The van der Waals surface area contributed by atoms with E-state index in [2.05, 4.69) is 20.4 Å². The van der Waals surface area contributed by atoms with Crippen LogP contribution in [0.15, 0.2) is 35.4 Å². The average Bonchev–Trinajstić information content (AvgIpc) is 3.02. The van der Waals surface area contributed by atoms with E-state index in [1.165, 1.54) is 24.7 Å². The van der Waals surface area contributed by atoms with Crippen LogP contribution in [0.5, 0.6) is 0 Å². The minimum absolute atomic E-state index is 0.0515. The molecule has 0 spiro atoms. The van der Waals surface area contributed by atoms with E-state index in [4.69, 9.17) is 0 Å². The first-order chi connectivity index (χ1) is 12.2. The molecule has 2 heterocycles. The van der Waals surface area contributed by atoms with Crippen molar-refractivity contribution in [1.82, 2.24) is 23.9 Å². The molecule has 2 aromatic heterocycles. The van der Waals surface area contributed by atoms with Crippen molar-refractivity contribution in [2.75, 3.05) is 19.4 Å². The zero-order valence-corrected chi connectivity index (χ0v) is 15.6. The van der Waals surface area contributed by atoms with Gasteiger partial charge >= 0.3 is 0 Å². The molecule has 26 heavy (non-hydrogen) atoms. The van der Waals surface area contributed by atoms with Crippen molar-refractivity contribution in [3.63, 3.8) is 0 Å². The van der Waals surface area contributed by atoms with E-state index in [1.807, 2.05) is 6.92 Å². The number of nitrogens with zero attached hydrogens (tertiary/aromatic N) is 5. The highest BCUT2D eigenvalue weighted by molar-refractivity contribution is 7.89. The van der Waals surface area contributed by atoms with E-state index >= 15 is 0 Å². The van der Waals surface area contributed by atoms with Crippen molar-refractivity contribution in [2.45, 2.75) is 18.7 Å². The number of amides is 1. The molecule has 1 aromatic carbocycles. The number of carbonyl (C=O) groups is 1. The van der Waals surface area contributed by atoms with Crippen molar-refractivity contribution in [1.29, 1.82) is 0 Å². The number of carbonyl (C=O) groups excluding carboxylic acids is 1. The minimum atomic E-state index is -3.62. The molecule has 136 valence electrons. The number of fused-ring (bicyclic) bond motifs is 1. The highest BCUT2D eigenvalue weighted by Gasteiger charge is 2.21. The number of rotatable bonds is 4. The van der Waals surface area contributed by atoms with Crippen LogP contribution >= 0.6 is 0 Å². The Balaban J connectivity index is 1.93. The lowest BCUT2D eigenvalue weighted by molar-refractivity contribution is 0.101. The first kappa shape index (κ1) is 18.0. The van der Waals surface area contributed by atoms with Crippen molar-refractivity contribution in [3.05, 3.63) is 47.5 Å². The maximum Gasteiger partial charge on any atom is 0.295 e. The number of aromatic nitrogens is 4. The number of hydrogen-bond acceptors (Lipinski definition) is 6. The maximum atomic E-state index is 12.4. The number of hydrogen-bond donors (Lipinski definition) is 1. The molecule has 0 aliphatic heterocycles. The quantitative estimate of drug-likeness (QED) is 0.736. The van der Waals surface area contributed by atoms with Crippen molar-refractivity contribution in [2.24, 2.45) is 0 Å². The molecule has 0 saturated carbocycles. The van der Waals surface area contributed by atoms with Crippen LogP contribution in [0.2, 0.25) is 0 Å². The van der Waals surface area contributed by atoms with E-state index in [-0.39, 0.29) is 10.7 Å². The summed E-state index contributed by atoms with van der Waals surface area (Å²) in [4.78, 5) is 20.7. The molecule has 0 aliphatic rings. The second-order valence-corrected chi connectivity index (χ2v) is 8.08. The standard InChI is InChI=1S/C16H18N6O3S/c1-10-5-6-12(9-13(10)26(24,25)21(3)4)18-15(23)14-19-16-17-8-7-11(2)22(16)20-14/h5-9H,1-4H3,(H,18,23). The topological polar surface area (TPSA) is 110 Å². The Kier molecular flexibility index (Phi) is 4.46. The fraction of sp³-hybridized carbons (Fsp3) is 0.250. The van der Waals surface area contributed by atoms with Crippen molar-refractivity contribution < 1.29 is 13.2 Å². The number of sulfonamides is 1. The van der Waals surface area contributed by atoms with Gasteiger partial charge in [-0.3, -0.25) is 4.79 Å². The van der Waals surface area contributed by atoms with Crippen LogP contribution in [0.1, 0.15) is 21.9 Å². The van der Waals surface area contributed by atoms with E-state index in [0.29, 0.717) is 17.0 Å². The van der Waals surface area contributed by atoms with E-state index in [9.17, 15) is 13.2 Å². The summed E-state index contributed by atoms with van der Waals surface area (Å²) in [5.74, 6) is -0.286. The minimum Gasteiger partial charge on any atom is -0.319 e. The van der Waals surface area contributed by atoms with Crippen molar-refractivity contribution >= 4 is 27.4 Å². The Morgan fingerprint density at radius 3 is 2.58 bits per heavy atom. The number of nitrogens with one attached hydrogen (secondary N) is 1. The summed E-state index contributed by atoms with van der Waals surface area (Å²) in [5.41, 5.74) is 1.71. The number of anilines is 1. The van der Waals surface area contributed by atoms with E-state index < -0.39 is 15.9 Å². The summed E-state index contributed by atoms with van der Waals surface area (Å²) in [6.07, 6.45) is 1.58. The summed E-state index contributed by atoms with van der Waals surface area (Å²) in [6, 6.07) is 6.43. The van der Waals surface area contributed by atoms with Crippen LogP contribution in [0.4, 0.5) is 5.69 Å². The third kappa shape index (κ3) is 3.16. The first-order valence-corrected chi connectivity index (χ1v) is 9.17. The van der Waals surface area contributed by atoms with Crippen LogP contribution in [0.3, 0.4) is 0 Å². The summed E-state index contributed by atoms with van der Waals surface area (Å²) in [5, 5.41) is 6.76. The molecule has 1 amide bonds. The molecule has 0 atom stereocenters. The molecular weight excluding hydrogens is 356 g/mol. The Morgan fingerprint density at radius 1 is 1.19 bits per heavy atom. The van der Waals surface area contributed by atoms with Crippen molar-refractivity contribution in [3.8, 4) is 0 Å². The predicted octanol–water partition coefficient (Wildman–Crippen LogP) is 1.24. The predicted molar refractivity (Wildman–Crippen MR) is 95.5 cm³/mol. The zero-order valence-electron chi connectivity index (χ0n) is 14.8. The monoisotopic (exact) mass is 374 g/mol. The molecule has 0 radical (unpaired) electrons. The molecule has 1 N–H and O–H groups in total. The highest BCUT2D eigenvalue weighted by Crippen LogP contribution is 2.22. The number of benzene rings is 1. The second kappa shape index (κ2) is 6.46. The maximum absolute atomic E-state index is 12.4. The van der Waals surface area contributed by atoms with Crippen LogP contribution in [-0.4, -0.2) is 52.3 Å². The molecule has 0 unspecified atom stereocenters. The van der Waals surface area contributed by atoms with Crippen LogP contribution in [-0.2, 0) is 10.0 Å². The molecule has 3 rings (SSSR count). The lowest BCUT2D eigenvalue weighted by atomic mass is 10.2. The Hall–Kier alpha value is -2.85. The Labute approximate surface area is 150 Å². The van der Waals surface area contributed by atoms with Gasteiger partial charge in [0.05, 0.1) is 4.90 Å². The number of aryl methyl sites for hydroxylation is 2. The fourth-order valence-corrected chi connectivity index (χ4v) is 3.49. The van der Waals surface area contributed by atoms with Gasteiger partial charge in [-0.1, -0.05) is 6.07 Å². The SMILES string of the molecule is Cc1ccc(NC(=O)c2nc3nccc(C)n3n2)cc1S(=O)(=O)N(C)C. The second-order valence-electron chi connectivity index (χ2n) is 5.96. The molecule has 0 bridgehead atoms. The van der Waals surface area contributed by atoms with Crippen LogP contribution < -0.4 is 5.32 Å². The van der Waals surface area contributed by atoms with E-state index in [1.54, 1.807) is 31.3 Å². The Morgan fingerprint density at radius 2 is 1.92 bits per heavy atom. The largest absolute Gasteiger partial charge is 0.319 e. The summed E-state index contributed by atoms with van der Waals surface area (Å²) in [6.45, 7) is 3.52. The normalized spacial score (nSPS) is 11.9. The van der Waals surface area contributed by atoms with Gasteiger partial charge in [-0.2, -0.15) is 4.98 Å². The van der Waals surface area contributed by atoms with Crippen LogP contribution in [0, 0.1) is 13.8 Å². The Bertz CT molecular complexity index is 1100. The molecular formula is C16H18N6O3S. The first-order valence-electron chi connectivity index (χ1n) is 7.73. The molecule has 0 aliphatic carbocycles. The smallest absolute Gasteiger partial charge is 0.295 e. The third-order valence-electron chi connectivity index (χ3n) is 3.84. The summed E-state index contributed by atoms with van der Waals surface area (Å²) >= 11 is 0. The molecule has 10 heteroatoms. The zero-order chi connectivity index (χ0) is 19.1. The molecule has 9 nitrogen and oxygen atoms in total. The summed E-state index contributed by atoms with van der Waals surface area (Å²) < 4.78 is 27.4. The highest BCUT2D eigenvalue weighted by atomic mass is 32.2. The van der Waals surface area contributed by atoms with Gasteiger partial charge in [-0.05, 0) is 37.6 Å². The van der Waals surface area contributed by atoms with Gasteiger partial charge in [-0.15, -0.1) is 5.10 Å².